The molecule has 0 spiro atoms. The molecule has 5 heteroatoms. The summed E-state index contributed by atoms with van der Waals surface area (Å²) in [6, 6.07) is 2.29. The van der Waals surface area contributed by atoms with E-state index in [-0.39, 0.29) is 22.7 Å². The van der Waals surface area contributed by atoms with Gasteiger partial charge < -0.3 is 9.90 Å². The zero-order valence-electron chi connectivity index (χ0n) is 7.01. The van der Waals surface area contributed by atoms with Crippen LogP contribution in [-0.4, -0.2) is 17.5 Å². The SMILES string of the molecule is O=CC(O)Cc1c(F)ccc(Br)c1F. The number of aldehydes is 1. The topological polar surface area (TPSA) is 37.3 Å². The molecule has 76 valence electrons. The monoisotopic (exact) mass is 264 g/mol. The van der Waals surface area contributed by atoms with Crippen LogP contribution in [0.4, 0.5) is 8.78 Å². The standard InChI is InChI=1S/C9H7BrF2O2/c10-7-1-2-8(11)6(9(7)12)3-5(14)4-13/h1-2,4-5,14H,3H2. The van der Waals surface area contributed by atoms with Crippen LogP contribution in [0.3, 0.4) is 0 Å². The predicted octanol–water partition coefficient (Wildman–Crippen LogP) is 1.83. The Bertz CT molecular complexity index is 355. The minimum atomic E-state index is -1.38. The number of hydrogen-bond donors (Lipinski definition) is 1. The van der Waals surface area contributed by atoms with Crippen molar-refractivity contribution >= 4 is 22.2 Å². The third-order valence-corrected chi connectivity index (χ3v) is 2.32. The summed E-state index contributed by atoms with van der Waals surface area (Å²) in [6.07, 6.45) is -1.51. The van der Waals surface area contributed by atoms with Crippen molar-refractivity contribution in [3.63, 3.8) is 0 Å². The van der Waals surface area contributed by atoms with Crippen molar-refractivity contribution in [2.24, 2.45) is 0 Å². The molecule has 0 amide bonds. The van der Waals surface area contributed by atoms with Gasteiger partial charge in [-0.15, -0.1) is 0 Å². The first-order valence-corrected chi connectivity index (χ1v) is 4.61. The van der Waals surface area contributed by atoms with Gasteiger partial charge in [0.2, 0.25) is 0 Å². The molecule has 0 fully saturated rings. The van der Waals surface area contributed by atoms with Crippen molar-refractivity contribution in [2.45, 2.75) is 12.5 Å². The average Bonchev–Trinajstić information content (AvgIpc) is 2.18. The lowest BCUT2D eigenvalue weighted by molar-refractivity contribution is -0.114. The fraction of sp³-hybridized carbons (Fsp3) is 0.222. The van der Waals surface area contributed by atoms with Gasteiger partial charge in [-0.1, -0.05) is 0 Å². The summed E-state index contributed by atoms with van der Waals surface area (Å²) in [5.41, 5.74) is -0.293. The highest BCUT2D eigenvalue weighted by Gasteiger charge is 2.15. The molecule has 1 aromatic rings. The van der Waals surface area contributed by atoms with Crippen molar-refractivity contribution in [2.75, 3.05) is 0 Å². The van der Waals surface area contributed by atoms with E-state index in [2.05, 4.69) is 15.9 Å². The van der Waals surface area contributed by atoms with Crippen LogP contribution in [0.25, 0.3) is 0 Å². The second kappa shape index (κ2) is 4.61. The van der Waals surface area contributed by atoms with Gasteiger partial charge in [0.25, 0.3) is 0 Å². The summed E-state index contributed by atoms with van der Waals surface area (Å²) in [6.45, 7) is 0. The molecule has 0 saturated carbocycles. The van der Waals surface area contributed by atoms with Crippen molar-refractivity contribution in [1.82, 2.24) is 0 Å². The second-order valence-corrected chi connectivity index (χ2v) is 3.58. The van der Waals surface area contributed by atoms with Gasteiger partial charge in [-0.05, 0) is 28.1 Å². The molecule has 0 bridgehead atoms. The van der Waals surface area contributed by atoms with Gasteiger partial charge in [-0.2, -0.15) is 0 Å². The Kier molecular flexibility index (Phi) is 3.71. The first-order valence-electron chi connectivity index (χ1n) is 3.82. The highest BCUT2D eigenvalue weighted by molar-refractivity contribution is 9.10. The van der Waals surface area contributed by atoms with Gasteiger partial charge in [0.05, 0.1) is 4.47 Å². The molecule has 0 radical (unpaired) electrons. The van der Waals surface area contributed by atoms with Crippen molar-refractivity contribution < 1.29 is 18.7 Å². The number of aliphatic hydroxyl groups excluding tert-OH is 1. The molecule has 14 heavy (non-hydrogen) atoms. The Morgan fingerprint density at radius 3 is 2.71 bits per heavy atom. The van der Waals surface area contributed by atoms with Crippen LogP contribution in [0, 0.1) is 11.6 Å². The molecule has 2 nitrogen and oxygen atoms in total. The maximum absolute atomic E-state index is 13.2. The minimum Gasteiger partial charge on any atom is -0.385 e. The molecule has 1 unspecified atom stereocenters. The molecule has 1 N–H and O–H groups in total. The number of hydrogen-bond acceptors (Lipinski definition) is 2. The van der Waals surface area contributed by atoms with Crippen molar-refractivity contribution in [3.05, 3.63) is 33.8 Å². The van der Waals surface area contributed by atoms with E-state index in [9.17, 15) is 13.6 Å². The van der Waals surface area contributed by atoms with E-state index in [1.807, 2.05) is 0 Å². The van der Waals surface area contributed by atoms with Gasteiger partial charge in [0.15, 0.2) is 0 Å². The summed E-state index contributed by atoms with van der Waals surface area (Å²) in [5.74, 6) is -1.56. The lowest BCUT2D eigenvalue weighted by atomic mass is 10.1. The normalized spacial score (nSPS) is 12.6. The van der Waals surface area contributed by atoms with E-state index < -0.39 is 17.7 Å². The zero-order chi connectivity index (χ0) is 10.7. The molecular weight excluding hydrogens is 258 g/mol. The summed E-state index contributed by atoms with van der Waals surface area (Å²) in [7, 11) is 0. The maximum atomic E-state index is 13.2. The van der Waals surface area contributed by atoms with Crippen molar-refractivity contribution in [3.8, 4) is 0 Å². The lowest BCUT2D eigenvalue weighted by Gasteiger charge is -2.07. The molecule has 0 saturated heterocycles. The molecule has 1 atom stereocenters. The van der Waals surface area contributed by atoms with E-state index >= 15 is 0 Å². The van der Waals surface area contributed by atoms with Crippen molar-refractivity contribution in [1.29, 1.82) is 0 Å². The average molecular weight is 265 g/mol. The third kappa shape index (κ3) is 2.36. The number of benzene rings is 1. The van der Waals surface area contributed by atoms with Gasteiger partial charge in [-0.25, -0.2) is 8.78 Å². The summed E-state index contributed by atoms with van der Waals surface area (Å²) < 4.78 is 26.4. The van der Waals surface area contributed by atoms with Gasteiger partial charge in [-0.3, -0.25) is 0 Å². The maximum Gasteiger partial charge on any atom is 0.148 e. The summed E-state index contributed by atoms with van der Waals surface area (Å²) in [5, 5.41) is 8.93. The number of carbonyl (C=O) groups is 1. The van der Waals surface area contributed by atoms with E-state index in [4.69, 9.17) is 5.11 Å². The summed E-state index contributed by atoms with van der Waals surface area (Å²) >= 11 is 2.88. The Hall–Kier alpha value is -0.810. The molecule has 0 aliphatic heterocycles. The molecule has 0 aromatic heterocycles. The molecule has 1 aromatic carbocycles. The second-order valence-electron chi connectivity index (χ2n) is 2.73. The quantitative estimate of drug-likeness (QED) is 0.668. The Morgan fingerprint density at radius 2 is 2.14 bits per heavy atom. The minimum absolute atomic E-state index is 0.104. The van der Waals surface area contributed by atoms with Crippen LogP contribution in [0.1, 0.15) is 5.56 Å². The fourth-order valence-electron chi connectivity index (χ4n) is 1.01. The van der Waals surface area contributed by atoms with Crippen LogP contribution >= 0.6 is 15.9 Å². The van der Waals surface area contributed by atoms with E-state index in [0.717, 1.165) is 6.07 Å². The lowest BCUT2D eigenvalue weighted by Crippen LogP contribution is -2.14. The molecule has 0 aliphatic rings. The van der Waals surface area contributed by atoms with E-state index in [0.29, 0.717) is 0 Å². The van der Waals surface area contributed by atoms with Gasteiger partial charge >= 0.3 is 0 Å². The smallest absolute Gasteiger partial charge is 0.148 e. The molecule has 0 heterocycles. The Morgan fingerprint density at radius 1 is 1.50 bits per heavy atom. The third-order valence-electron chi connectivity index (χ3n) is 1.71. The van der Waals surface area contributed by atoms with Crippen LogP contribution < -0.4 is 0 Å². The first kappa shape index (κ1) is 11.3. The van der Waals surface area contributed by atoms with Crippen LogP contribution in [0.2, 0.25) is 0 Å². The zero-order valence-corrected chi connectivity index (χ0v) is 8.59. The highest BCUT2D eigenvalue weighted by Crippen LogP contribution is 2.22. The van der Waals surface area contributed by atoms with E-state index in [1.54, 1.807) is 0 Å². The van der Waals surface area contributed by atoms with Crippen LogP contribution in [-0.2, 0) is 11.2 Å². The van der Waals surface area contributed by atoms with Crippen LogP contribution in [0.15, 0.2) is 16.6 Å². The number of rotatable bonds is 3. The molecule has 1 rings (SSSR count). The van der Waals surface area contributed by atoms with Crippen LogP contribution in [0.5, 0.6) is 0 Å². The molecular formula is C9H7BrF2O2. The largest absolute Gasteiger partial charge is 0.385 e. The number of carbonyl (C=O) groups excluding carboxylic acids is 1. The molecule has 0 aliphatic carbocycles. The number of aliphatic hydroxyl groups is 1. The van der Waals surface area contributed by atoms with Gasteiger partial charge in [0, 0.05) is 12.0 Å². The van der Waals surface area contributed by atoms with Gasteiger partial charge in [0.1, 0.15) is 24.0 Å². The highest BCUT2D eigenvalue weighted by atomic mass is 79.9. The summed E-state index contributed by atoms with van der Waals surface area (Å²) in [4.78, 5) is 10.1. The predicted molar refractivity (Wildman–Crippen MR) is 49.8 cm³/mol. The fourth-order valence-corrected chi connectivity index (χ4v) is 1.38. The first-order chi connectivity index (χ1) is 6.56. The Balaban J connectivity index is 3.06. The number of halogens is 3. The Labute approximate surface area is 87.7 Å². The van der Waals surface area contributed by atoms with E-state index in [1.165, 1.54) is 6.07 Å².